The molecule has 9 heteroatoms. The number of fused-ring (bicyclic) bond motifs is 2. The Hall–Kier alpha value is -4.66. The maximum atomic E-state index is 13.3. The standard InChI is InChI=1S/C31H29N5O4/c1-18-11-22(12-23-16-36(34-27(18)23)14-19-3-4-19)20-5-8-24(9-6-20)31(29(38)32-30(39)33-31)17-35-15-21-7-10-25(40-2)13-26(21)28(35)37/h5-13,16,19H,3-4,14-15,17H2,1-2H3,(H2,32,33,38,39)/t31-/m1/s1. The van der Waals surface area contributed by atoms with Gasteiger partial charge in [-0.05, 0) is 77.8 Å². The number of imide groups is 1. The van der Waals surface area contributed by atoms with Gasteiger partial charge >= 0.3 is 6.03 Å². The number of carbonyl (C=O) groups is 3. The summed E-state index contributed by atoms with van der Waals surface area (Å²) < 4.78 is 7.33. The summed E-state index contributed by atoms with van der Waals surface area (Å²) in [5.74, 6) is 0.654. The lowest BCUT2D eigenvalue weighted by Gasteiger charge is -2.31. The highest BCUT2D eigenvalue weighted by Crippen LogP contribution is 2.35. The largest absolute Gasteiger partial charge is 0.497 e. The van der Waals surface area contributed by atoms with Crippen molar-refractivity contribution < 1.29 is 19.1 Å². The van der Waals surface area contributed by atoms with Crippen LogP contribution in [0.2, 0.25) is 0 Å². The Morgan fingerprint density at radius 3 is 2.52 bits per heavy atom. The minimum atomic E-state index is -1.40. The first-order valence-corrected chi connectivity index (χ1v) is 13.5. The number of aromatic nitrogens is 2. The molecule has 1 saturated heterocycles. The number of urea groups is 1. The molecule has 0 spiro atoms. The number of aryl methyl sites for hydroxylation is 1. The third-order valence-electron chi connectivity index (χ3n) is 8.27. The molecule has 4 amide bonds. The quantitative estimate of drug-likeness (QED) is 0.347. The number of nitrogens with one attached hydrogen (secondary N) is 2. The number of methoxy groups -OCH3 is 1. The first kappa shape index (κ1) is 24.4. The van der Waals surface area contributed by atoms with Crippen molar-refractivity contribution >= 4 is 28.7 Å². The Morgan fingerprint density at radius 1 is 1.02 bits per heavy atom. The van der Waals surface area contributed by atoms with Crippen LogP contribution in [0.1, 0.15) is 39.9 Å². The van der Waals surface area contributed by atoms with Gasteiger partial charge in [0.15, 0.2) is 5.54 Å². The Labute approximate surface area is 231 Å². The van der Waals surface area contributed by atoms with Crippen molar-refractivity contribution in [2.45, 2.75) is 38.4 Å². The maximum Gasteiger partial charge on any atom is 0.322 e. The van der Waals surface area contributed by atoms with E-state index in [1.54, 1.807) is 18.1 Å². The summed E-state index contributed by atoms with van der Waals surface area (Å²) in [5, 5.41) is 11.1. The van der Waals surface area contributed by atoms with Gasteiger partial charge in [0.05, 0.1) is 19.2 Å². The van der Waals surface area contributed by atoms with Crippen LogP contribution >= 0.6 is 0 Å². The van der Waals surface area contributed by atoms with Gasteiger partial charge in [-0.2, -0.15) is 5.10 Å². The van der Waals surface area contributed by atoms with E-state index in [0.717, 1.165) is 45.6 Å². The van der Waals surface area contributed by atoms with Crippen molar-refractivity contribution in [3.63, 3.8) is 0 Å². The highest BCUT2D eigenvalue weighted by atomic mass is 16.5. The molecular formula is C31H29N5O4. The highest BCUT2D eigenvalue weighted by molar-refractivity contribution is 6.08. The van der Waals surface area contributed by atoms with Gasteiger partial charge < -0.3 is 15.0 Å². The molecule has 1 atom stereocenters. The molecule has 3 aliphatic rings. The van der Waals surface area contributed by atoms with Crippen LogP contribution in [0.3, 0.4) is 0 Å². The van der Waals surface area contributed by atoms with Gasteiger partial charge in [-0.15, -0.1) is 0 Å². The molecule has 0 bridgehead atoms. The molecule has 3 aromatic carbocycles. The SMILES string of the molecule is COc1ccc2c(c1)C(=O)N(C[C@]1(c3ccc(-c4cc(C)c5nn(CC6CC6)cc5c4)cc3)NC(=O)NC1=O)C2. The first-order chi connectivity index (χ1) is 19.3. The third kappa shape index (κ3) is 4.00. The Kier molecular flexibility index (Phi) is 5.45. The van der Waals surface area contributed by atoms with Gasteiger partial charge in [-0.25, -0.2) is 4.79 Å². The van der Waals surface area contributed by atoms with Crippen LogP contribution in [0, 0.1) is 12.8 Å². The molecular weight excluding hydrogens is 506 g/mol. The van der Waals surface area contributed by atoms with E-state index in [-0.39, 0.29) is 12.5 Å². The Bertz CT molecular complexity index is 1700. The van der Waals surface area contributed by atoms with Crippen LogP contribution in [0.25, 0.3) is 22.0 Å². The number of rotatable bonds is 7. The summed E-state index contributed by atoms with van der Waals surface area (Å²) in [5.41, 5.74) is 4.76. The normalized spacial score (nSPS) is 20.1. The number of amides is 4. The molecule has 202 valence electrons. The fourth-order valence-electron chi connectivity index (χ4n) is 5.91. The van der Waals surface area contributed by atoms with Crippen LogP contribution < -0.4 is 15.4 Å². The molecule has 1 saturated carbocycles. The molecule has 1 aliphatic carbocycles. The van der Waals surface area contributed by atoms with Gasteiger partial charge in [-0.1, -0.05) is 30.3 Å². The molecule has 0 radical (unpaired) electrons. The molecule has 9 nitrogen and oxygen atoms in total. The number of hydrogen-bond acceptors (Lipinski definition) is 5. The van der Waals surface area contributed by atoms with E-state index in [4.69, 9.17) is 9.84 Å². The summed E-state index contributed by atoms with van der Waals surface area (Å²) in [6, 6.07) is 16.7. The van der Waals surface area contributed by atoms with Crippen molar-refractivity contribution in [3.05, 3.63) is 83.0 Å². The molecule has 3 heterocycles. The lowest BCUT2D eigenvalue weighted by atomic mass is 9.87. The van der Waals surface area contributed by atoms with Crippen LogP contribution in [-0.4, -0.2) is 46.2 Å². The average Bonchev–Trinajstić information content (AvgIpc) is 3.47. The average molecular weight is 536 g/mol. The minimum absolute atomic E-state index is 0.00496. The van der Waals surface area contributed by atoms with Gasteiger partial charge in [0.2, 0.25) is 0 Å². The predicted octanol–water partition coefficient (Wildman–Crippen LogP) is 4.12. The Balaban J connectivity index is 1.19. The van der Waals surface area contributed by atoms with Gasteiger partial charge in [0.25, 0.3) is 11.8 Å². The van der Waals surface area contributed by atoms with Crippen molar-refractivity contribution in [1.29, 1.82) is 0 Å². The predicted molar refractivity (Wildman–Crippen MR) is 149 cm³/mol. The fourth-order valence-corrected chi connectivity index (χ4v) is 5.91. The summed E-state index contributed by atoms with van der Waals surface area (Å²) in [7, 11) is 1.55. The van der Waals surface area contributed by atoms with Gasteiger partial charge in [0, 0.05) is 30.2 Å². The zero-order valence-corrected chi connectivity index (χ0v) is 22.4. The molecule has 2 fully saturated rings. The number of ether oxygens (including phenoxy) is 1. The number of carbonyl (C=O) groups excluding carboxylic acids is 3. The van der Waals surface area contributed by atoms with E-state index in [9.17, 15) is 14.4 Å². The third-order valence-corrected chi connectivity index (χ3v) is 8.27. The maximum absolute atomic E-state index is 13.3. The molecule has 1 aromatic heterocycles. The molecule has 40 heavy (non-hydrogen) atoms. The lowest BCUT2D eigenvalue weighted by molar-refractivity contribution is -0.124. The molecule has 7 rings (SSSR count). The van der Waals surface area contributed by atoms with Crippen LogP contribution in [-0.2, 0) is 23.4 Å². The molecule has 0 unspecified atom stereocenters. The summed E-state index contributed by atoms with van der Waals surface area (Å²) in [6.45, 7) is 3.38. The first-order valence-electron chi connectivity index (χ1n) is 13.5. The zero-order valence-electron chi connectivity index (χ0n) is 22.4. The van der Waals surface area contributed by atoms with Crippen LogP contribution in [0.5, 0.6) is 5.75 Å². The van der Waals surface area contributed by atoms with E-state index in [1.165, 1.54) is 12.8 Å². The summed E-state index contributed by atoms with van der Waals surface area (Å²) in [4.78, 5) is 40.5. The second-order valence-electron chi connectivity index (χ2n) is 11.1. The van der Waals surface area contributed by atoms with Gasteiger partial charge in [0.1, 0.15) is 5.75 Å². The van der Waals surface area contributed by atoms with Crippen molar-refractivity contribution in [2.24, 2.45) is 5.92 Å². The van der Waals surface area contributed by atoms with E-state index in [1.807, 2.05) is 36.4 Å². The number of benzene rings is 3. The van der Waals surface area contributed by atoms with Crippen LogP contribution in [0.15, 0.2) is 60.8 Å². The minimum Gasteiger partial charge on any atom is -0.497 e. The van der Waals surface area contributed by atoms with E-state index in [0.29, 0.717) is 23.4 Å². The zero-order chi connectivity index (χ0) is 27.6. The summed E-state index contributed by atoms with van der Waals surface area (Å²) in [6.07, 6.45) is 4.67. The van der Waals surface area contributed by atoms with E-state index in [2.05, 4.69) is 40.6 Å². The number of nitrogens with zero attached hydrogens (tertiary/aromatic N) is 3. The second-order valence-corrected chi connectivity index (χ2v) is 11.1. The fraction of sp³-hybridized carbons (Fsp3) is 0.290. The number of hydrogen-bond donors (Lipinski definition) is 2. The monoisotopic (exact) mass is 535 g/mol. The van der Waals surface area contributed by atoms with Crippen molar-refractivity contribution in [1.82, 2.24) is 25.3 Å². The van der Waals surface area contributed by atoms with E-state index >= 15 is 0 Å². The van der Waals surface area contributed by atoms with Crippen molar-refractivity contribution in [2.75, 3.05) is 13.7 Å². The highest BCUT2D eigenvalue weighted by Gasteiger charge is 2.50. The molecule has 2 N–H and O–H groups in total. The topological polar surface area (TPSA) is 106 Å². The van der Waals surface area contributed by atoms with Crippen LogP contribution in [0.4, 0.5) is 4.79 Å². The molecule has 2 aliphatic heterocycles. The Morgan fingerprint density at radius 2 is 1.82 bits per heavy atom. The summed E-state index contributed by atoms with van der Waals surface area (Å²) >= 11 is 0. The lowest BCUT2D eigenvalue weighted by Crippen LogP contribution is -2.52. The van der Waals surface area contributed by atoms with Gasteiger partial charge in [-0.3, -0.25) is 19.6 Å². The smallest absolute Gasteiger partial charge is 0.322 e. The van der Waals surface area contributed by atoms with E-state index < -0.39 is 17.5 Å². The second kappa shape index (κ2) is 8.94. The molecule has 4 aromatic rings. The van der Waals surface area contributed by atoms with Crippen molar-refractivity contribution in [3.8, 4) is 16.9 Å².